The van der Waals surface area contributed by atoms with Gasteiger partial charge in [0.2, 0.25) is 15.8 Å². The molecular weight excluding hydrogens is 418 g/mol. The third-order valence-electron chi connectivity index (χ3n) is 4.55. The molecule has 1 unspecified atom stereocenters. The molecule has 0 fully saturated rings. The van der Waals surface area contributed by atoms with E-state index in [1.54, 1.807) is 24.3 Å². The molecule has 26 heavy (non-hydrogen) atoms. The number of nitrogens with zero attached hydrogens (tertiary/aromatic N) is 1. The largest absolute Gasteiger partial charge is 0.453 e. The second-order valence-corrected chi connectivity index (χ2v) is 9.35. The molecule has 0 amide bonds. The molecule has 0 saturated heterocycles. The summed E-state index contributed by atoms with van der Waals surface area (Å²) in [6.45, 7) is 1.86. The quantitative estimate of drug-likeness (QED) is 0.582. The van der Waals surface area contributed by atoms with Crippen molar-refractivity contribution >= 4 is 48.4 Å². The van der Waals surface area contributed by atoms with E-state index in [2.05, 4.69) is 15.9 Å². The van der Waals surface area contributed by atoms with E-state index < -0.39 is 10.0 Å². The van der Waals surface area contributed by atoms with E-state index in [1.807, 2.05) is 25.1 Å². The number of fused-ring (bicyclic) bond motifs is 2. The minimum Gasteiger partial charge on any atom is -0.453 e. The van der Waals surface area contributed by atoms with Crippen molar-refractivity contribution in [3.63, 3.8) is 0 Å². The lowest BCUT2D eigenvalue weighted by atomic mass is 10.0. The summed E-state index contributed by atoms with van der Waals surface area (Å²) in [6.07, 6.45) is 1.78. The van der Waals surface area contributed by atoms with Crippen LogP contribution in [0.15, 0.2) is 51.4 Å². The van der Waals surface area contributed by atoms with Crippen LogP contribution in [-0.2, 0) is 16.4 Å². The summed E-state index contributed by atoms with van der Waals surface area (Å²) in [7, 11) is -3.35. The summed E-state index contributed by atoms with van der Waals surface area (Å²) >= 11 is 3.40. The maximum Gasteiger partial charge on any atom is 0.232 e. The average Bonchev–Trinajstić information content (AvgIpc) is 3.12. The Bertz CT molecular complexity index is 1150. The monoisotopic (exact) mass is 433 g/mol. The van der Waals surface area contributed by atoms with Crippen molar-refractivity contribution in [1.82, 2.24) is 0 Å². The standard InChI is InChI=1S/C19H16BrNO4S/c1-11-7-13-8-12(3-5-16(13)21(11)26(2,23)24)19(22)18-10-14-9-15(20)4-6-17(14)25-18/h3-6,8-11H,7H2,1-2H3. The van der Waals surface area contributed by atoms with Gasteiger partial charge in [0, 0.05) is 21.5 Å². The first-order valence-corrected chi connectivity index (χ1v) is 10.7. The van der Waals surface area contributed by atoms with Gasteiger partial charge in [0.05, 0.1) is 11.9 Å². The summed E-state index contributed by atoms with van der Waals surface area (Å²) in [5.41, 5.74) is 2.64. The molecule has 1 aromatic heterocycles. The van der Waals surface area contributed by atoms with E-state index in [-0.39, 0.29) is 17.6 Å². The first-order valence-electron chi connectivity index (χ1n) is 8.10. The van der Waals surface area contributed by atoms with Gasteiger partial charge in [-0.2, -0.15) is 0 Å². The highest BCUT2D eigenvalue weighted by atomic mass is 79.9. The number of furan rings is 1. The van der Waals surface area contributed by atoms with Crippen molar-refractivity contribution in [2.75, 3.05) is 10.6 Å². The van der Waals surface area contributed by atoms with Gasteiger partial charge < -0.3 is 4.42 Å². The normalized spacial score (nSPS) is 16.9. The van der Waals surface area contributed by atoms with Gasteiger partial charge in [-0.3, -0.25) is 9.10 Å². The van der Waals surface area contributed by atoms with Gasteiger partial charge in [0.1, 0.15) is 5.58 Å². The average molecular weight is 434 g/mol. The molecular formula is C19H16BrNO4S. The molecule has 1 aliphatic heterocycles. The van der Waals surface area contributed by atoms with E-state index >= 15 is 0 Å². The summed E-state index contributed by atoms with van der Waals surface area (Å²) in [5.74, 6) is 0.0506. The molecule has 3 aromatic rings. The summed E-state index contributed by atoms with van der Waals surface area (Å²) in [5, 5.41) is 0.848. The molecule has 0 spiro atoms. The Morgan fingerprint density at radius 3 is 2.69 bits per heavy atom. The molecule has 2 heterocycles. The number of anilines is 1. The van der Waals surface area contributed by atoms with Gasteiger partial charge in [-0.25, -0.2) is 8.42 Å². The number of carbonyl (C=O) groups is 1. The maximum absolute atomic E-state index is 12.8. The van der Waals surface area contributed by atoms with Crippen LogP contribution in [0.1, 0.15) is 28.6 Å². The topological polar surface area (TPSA) is 67.6 Å². The van der Waals surface area contributed by atoms with Crippen LogP contribution >= 0.6 is 15.9 Å². The first-order chi connectivity index (χ1) is 12.2. The van der Waals surface area contributed by atoms with Crippen LogP contribution in [0.4, 0.5) is 5.69 Å². The molecule has 1 atom stereocenters. The molecule has 7 heteroatoms. The molecule has 0 aliphatic carbocycles. The minimum atomic E-state index is -3.35. The molecule has 2 aromatic carbocycles. The van der Waals surface area contributed by atoms with Crippen molar-refractivity contribution < 1.29 is 17.6 Å². The van der Waals surface area contributed by atoms with Gasteiger partial charge in [-0.1, -0.05) is 15.9 Å². The van der Waals surface area contributed by atoms with Crippen LogP contribution in [0.5, 0.6) is 0 Å². The zero-order chi connectivity index (χ0) is 18.6. The fraction of sp³-hybridized carbons (Fsp3) is 0.211. The Morgan fingerprint density at radius 1 is 1.19 bits per heavy atom. The Morgan fingerprint density at radius 2 is 1.96 bits per heavy atom. The van der Waals surface area contributed by atoms with Crippen LogP contribution in [0, 0.1) is 0 Å². The predicted molar refractivity (Wildman–Crippen MR) is 104 cm³/mol. The maximum atomic E-state index is 12.8. The van der Waals surface area contributed by atoms with Gasteiger partial charge in [-0.05, 0) is 61.4 Å². The summed E-state index contributed by atoms with van der Waals surface area (Å²) in [6, 6.07) is 12.2. The summed E-state index contributed by atoms with van der Waals surface area (Å²) in [4.78, 5) is 12.8. The predicted octanol–water partition coefficient (Wildman–Crippen LogP) is 4.14. The van der Waals surface area contributed by atoms with Crippen molar-refractivity contribution in [3.05, 3.63) is 63.8 Å². The highest BCUT2D eigenvalue weighted by molar-refractivity contribution is 9.10. The molecule has 5 nitrogen and oxygen atoms in total. The molecule has 0 radical (unpaired) electrons. The number of rotatable bonds is 3. The Labute approximate surface area is 159 Å². The van der Waals surface area contributed by atoms with Gasteiger partial charge in [0.15, 0.2) is 5.76 Å². The number of ketones is 1. The van der Waals surface area contributed by atoms with Gasteiger partial charge >= 0.3 is 0 Å². The lowest BCUT2D eigenvalue weighted by molar-refractivity contribution is 0.101. The fourth-order valence-electron chi connectivity index (χ4n) is 3.52. The van der Waals surface area contributed by atoms with E-state index in [9.17, 15) is 13.2 Å². The van der Waals surface area contributed by atoms with Crippen LogP contribution in [0.2, 0.25) is 0 Å². The van der Waals surface area contributed by atoms with E-state index in [0.717, 1.165) is 15.4 Å². The Kier molecular flexibility index (Phi) is 3.96. The minimum absolute atomic E-state index is 0.158. The lowest BCUT2D eigenvalue weighted by Gasteiger charge is -2.21. The van der Waals surface area contributed by atoms with E-state index in [0.29, 0.717) is 23.3 Å². The molecule has 134 valence electrons. The molecule has 0 N–H and O–H groups in total. The van der Waals surface area contributed by atoms with Gasteiger partial charge in [-0.15, -0.1) is 0 Å². The van der Waals surface area contributed by atoms with Gasteiger partial charge in [0.25, 0.3) is 0 Å². The number of halogens is 1. The number of sulfonamides is 1. The Balaban J connectivity index is 1.73. The van der Waals surface area contributed by atoms with E-state index in [4.69, 9.17) is 4.42 Å². The third kappa shape index (κ3) is 2.85. The number of carbonyl (C=O) groups excluding carboxylic acids is 1. The summed E-state index contributed by atoms with van der Waals surface area (Å²) < 4.78 is 32.0. The number of benzene rings is 2. The van der Waals surface area contributed by atoms with Crippen LogP contribution in [0.25, 0.3) is 11.0 Å². The van der Waals surface area contributed by atoms with Crippen molar-refractivity contribution in [2.24, 2.45) is 0 Å². The first kappa shape index (κ1) is 17.3. The Hall–Kier alpha value is -2.12. The lowest BCUT2D eigenvalue weighted by Crippen LogP contribution is -2.34. The molecule has 4 rings (SSSR count). The fourth-order valence-corrected chi connectivity index (χ4v) is 5.16. The van der Waals surface area contributed by atoms with Crippen molar-refractivity contribution in [3.8, 4) is 0 Å². The zero-order valence-electron chi connectivity index (χ0n) is 14.2. The second-order valence-electron chi connectivity index (χ2n) is 6.58. The highest BCUT2D eigenvalue weighted by Crippen LogP contribution is 2.35. The molecule has 1 aliphatic rings. The zero-order valence-corrected chi connectivity index (χ0v) is 16.6. The van der Waals surface area contributed by atoms with Crippen LogP contribution in [-0.4, -0.2) is 26.5 Å². The number of hydrogen-bond donors (Lipinski definition) is 0. The smallest absolute Gasteiger partial charge is 0.232 e. The number of hydrogen-bond acceptors (Lipinski definition) is 4. The van der Waals surface area contributed by atoms with Crippen LogP contribution < -0.4 is 4.31 Å². The van der Waals surface area contributed by atoms with E-state index in [1.165, 1.54) is 10.6 Å². The van der Waals surface area contributed by atoms with Crippen molar-refractivity contribution in [2.45, 2.75) is 19.4 Å². The highest BCUT2D eigenvalue weighted by Gasteiger charge is 2.33. The molecule has 0 saturated carbocycles. The van der Waals surface area contributed by atoms with Crippen molar-refractivity contribution in [1.29, 1.82) is 0 Å². The molecule has 0 bridgehead atoms. The van der Waals surface area contributed by atoms with Crippen LogP contribution in [0.3, 0.4) is 0 Å². The SMILES string of the molecule is CC1Cc2cc(C(=O)c3cc4cc(Br)ccc4o3)ccc2N1S(C)(=O)=O. The second kappa shape index (κ2) is 5.96. The third-order valence-corrected chi connectivity index (χ3v) is 6.32.